The Labute approximate surface area is 197 Å². The van der Waals surface area contributed by atoms with Gasteiger partial charge < -0.3 is 26.2 Å². The molecular formula is C25H28N6O3. The lowest BCUT2D eigenvalue weighted by Gasteiger charge is -2.31. The molecule has 3 heterocycles. The second kappa shape index (κ2) is 9.64. The number of hydrogen-bond acceptors (Lipinski definition) is 7. The van der Waals surface area contributed by atoms with Crippen molar-refractivity contribution in [3.05, 3.63) is 71.2 Å². The quantitative estimate of drug-likeness (QED) is 0.425. The number of nitrogens with two attached hydrogens (primary N) is 1. The van der Waals surface area contributed by atoms with E-state index in [4.69, 9.17) is 10.3 Å². The first-order chi connectivity index (χ1) is 16.6. The molecule has 9 nitrogen and oxygen atoms in total. The molecule has 3 aromatic rings. The SMILES string of the molecule is Nc1cc(NC(=O)c2cccc(C(NC(=O)c3cc(C4CC4)on3)C3CCNCC3)c2)ccn1. The molecule has 176 valence electrons. The molecular weight excluding hydrogens is 432 g/mol. The Balaban J connectivity index is 1.37. The molecule has 1 aliphatic heterocycles. The second-order valence-corrected chi connectivity index (χ2v) is 8.98. The van der Waals surface area contributed by atoms with Crippen LogP contribution in [0.2, 0.25) is 0 Å². The molecule has 1 saturated carbocycles. The summed E-state index contributed by atoms with van der Waals surface area (Å²) in [5, 5.41) is 13.4. The highest BCUT2D eigenvalue weighted by Crippen LogP contribution is 2.40. The highest BCUT2D eigenvalue weighted by atomic mass is 16.5. The number of hydrogen-bond donors (Lipinski definition) is 4. The van der Waals surface area contributed by atoms with E-state index in [1.165, 1.54) is 0 Å². The van der Waals surface area contributed by atoms with Gasteiger partial charge in [-0.1, -0.05) is 17.3 Å². The van der Waals surface area contributed by atoms with Crippen LogP contribution in [-0.2, 0) is 0 Å². The van der Waals surface area contributed by atoms with Gasteiger partial charge in [-0.15, -0.1) is 0 Å². The summed E-state index contributed by atoms with van der Waals surface area (Å²) in [5.74, 6) is 1.21. The monoisotopic (exact) mass is 460 g/mol. The number of piperidine rings is 1. The van der Waals surface area contributed by atoms with Crippen molar-refractivity contribution in [2.24, 2.45) is 5.92 Å². The maximum Gasteiger partial charge on any atom is 0.273 e. The molecule has 1 saturated heterocycles. The summed E-state index contributed by atoms with van der Waals surface area (Å²) in [4.78, 5) is 29.9. The van der Waals surface area contributed by atoms with Crippen LogP contribution in [0.25, 0.3) is 0 Å². The summed E-state index contributed by atoms with van der Waals surface area (Å²) in [5.41, 5.74) is 7.97. The fraction of sp³-hybridized carbons (Fsp3) is 0.360. The summed E-state index contributed by atoms with van der Waals surface area (Å²) in [6.45, 7) is 1.77. The third kappa shape index (κ3) is 5.09. The molecule has 1 aromatic carbocycles. The minimum absolute atomic E-state index is 0.235. The summed E-state index contributed by atoms with van der Waals surface area (Å²) < 4.78 is 5.37. The number of carbonyl (C=O) groups excluding carboxylic acids is 2. The van der Waals surface area contributed by atoms with Gasteiger partial charge in [-0.25, -0.2) is 4.98 Å². The molecule has 0 bridgehead atoms. The molecule has 1 unspecified atom stereocenters. The number of amides is 2. The Hall–Kier alpha value is -3.72. The molecule has 2 fully saturated rings. The Morgan fingerprint density at radius 2 is 1.88 bits per heavy atom. The van der Waals surface area contributed by atoms with E-state index in [9.17, 15) is 9.59 Å². The topological polar surface area (TPSA) is 135 Å². The number of pyridine rings is 1. The molecule has 1 aliphatic carbocycles. The van der Waals surface area contributed by atoms with Gasteiger partial charge in [0.1, 0.15) is 11.6 Å². The number of rotatable bonds is 7. The zero-order valence-electron chi connectivity index (χ0n) is 18.8. The van der Waals surface area contributed by atoms with E-state index in [1.807, 2.05) is 18.2 Å². The summed E-state index contributed by atoms with van der Waals surface area (Å²) in [6.07, 6.45) is 5.54. The van der Waals surface area contributed by atoms with Crippen molar-refractivity contribution in [1.82, 2.24) is 20.8 Å². The first kappa shape index (κ1) is 22.1. The highest BCUT2D eigenvalue weighted by molar-refractivity contribution is 6.04. The van der Waals surface area contributed by atoms with E-state index in [-0.39, 0.29) is 23.8 Å². The van der Waals surface area contributed by atoms with E-state index in [1.54, 1.807) is 30.5 Å². The third-order valence-corrected chi connectivity index (χ3v) is 6.43. The molecule has 2 aromatic heterocycles. The van der Waals surface area contributed by atoms with Gasteiger partial charge in [0.05, 0.1) is 6.04 Å². The van der Waals surface area contributed by atoms with Gasteiger partial charge >= 0.3 is 0 Å². The highest BCUT2D eigenvalue weighted by Gasteiger charge is 2.31. The standard InChI is InChI=1S/C25H28N6O3/c26-22-13-19(8-11-28-22)29-24(32)18-3-1-2-17(12-18)23(16-6-9-27-10-7-16)30-25(33)20-14-21(34-31-20)15-4-5-15/h1-3,8,11-16,23,27H,4-7,9-10H2,(H,30,33)(H3,26,28,29,32). The molecule has 0 spiro atoms. The van der Waals surface area contributed by atoms with Crippen LogP contribution in [0.5, 0.6) is 0 Å². The van der Waals surface area contributed by atoms with E-state index < -0.39 is 0 Å². The summed E-state index contributed by atoms with van der Waals surface area (Å²) in [6, 6.07) is 12.2. The molecule has 2 aliphatic rings. The number of benzene rings is 1. The predicted octanol–water partition coefficient (Wildman–Crippen LogP) is 3.25. The van der Waals surface area contributed by atoms with Gasteiger partial charge in [-0.05, 0) is 68.5 Å². The van der Waals surface area contributed by atoms with Crippen LogP contribution in [-0.4, -0.2) is 35.0 Å². The van der Waals surface area contributed by atoms with Gasteiger partial charge in [0.15, 0.2) is 5.69 Å². The average molecular weight is 461 g/mol. The van der Waals surface area contributed by atoms with E-state index in [2.05, 4.69) is 26.1 Å². The van der Waals surface area contributed by atoms with Crippen molar-refractivity contribution in [3.63, 3.8) is 0 Å². The fourth-order valence-corrected chi connectivity index (χ4v) is 4.43. The third-order valence-electron chi connectivity index (χ3n) is 6.43. The minimum Gasteiger partial charge on any atom is -0.384 e. The molecule has 9 heteroatoms. The van der Waals surface area contributed by atoms with Gasteiger partial charge in [0.25, 0.3) is 11.8 Å². The lowest BCUT2D eigenvalue weighted by atomic mass is 9.85. The number of nitrogens with zero attached hydrogens (tertiary/aromatic N) is 2. The zero-order valence-corrected chi connectivity index (χ0v) is 18.8. The van der Waals surface area contributed by atoms with Gasteiger partial charge in [0, 0.05) is 35.5 Å². The predicted molar refractivity (Wildman–Crippen MR) is 127 cm³/mol. The minimum atomic E-state index is -0.263. The van der Waals surface area contributed by atoms with Crippen molar-refractivity contribution in [2.45, 2.75) is 37.6 Å². The lowest BCUT2D eigenvalue weighted by Crippen LogP contribution is -2.39. The van der Waals surface area contributed by atoms with Crippen LogP contribution in [0.1, 0.15) is 69.8 Å². The van der Waals surface area contributed by atoms with E-state index >= 15 is 0 Å². The Morgan fingerprint density at radius 3 is 2.65 bits per heavy atom. The van der Waals surface area contributed by atoms with Crippen LogP contribution >= 0.6 is 0 Å². The van der Waals surface area contributed by atoms with Gasteiger partial charge in [0.2, 0.25) is 0 Å². The number of anilines is 2. The lowest BCUT2D eigenvalue weighted by molar-refractivity contribution is 0.0904. The number of nitrogens with one attached hydrogen (secondary N) is 3. The first-order valence-electron chi connectivity index (χ1n) is 11.7. The van der Waals surface area contributed by atoms with Crippen LogP contribution in [0.3, 0.4) is 0 Å². The Morgan fingerprint density at radius 1 is 1.06 bits per heavy atom. The van der Waals surface area contributed by atoms with Crippen LogP contribution < -0.4 is 21.7 Å². The molecule has 5 N–H and O–H groups in total. The second-order valence-electron chi connectivity index (χ2n) is 8.98. The van der Waals surface area contributed by atoms with Crippen LogP contribution in [0.4, 0.5) is 11.5 Å². The fourth-order valence-electron chi connectivity index (χ4n) is 4.43. The largest absolute Gasteiger partial charge is 0.384 e. The van der Waals surface area contributed by atoms with Crippen molar-refractivity contribution >= 4 is 23.3 Å². The molecule has 0 radical (unpaired) electrons. The normalized spacial score (nSPS) is 17.2. The average Bonchev–Trinajstić information content (AvgIpc) is 3.59. The van der Waals surface area contributed by atoms with Crippen molar-refractivity contribution in [3.8, 4) is 0 Å². The van der Waals surface area contributed by atoms with Crippen molar-refractivity contribution < 1.29 is 14.1 Å². The summed E-state index contributed by atoms with van der Waals surface area (Å²) >= 11 is 0. The molecule has 5 rings (SSSR count). The Bertz CT molecular complexity index is 1180. The smallest absolute Gasteiger partial charge is 0.273 e. The number of nitrogen functional groups attached to an aromatic ring is 1. The van der Waals surface area contributed by atoms with Crippen LogP contribution in [0, 0.1) is 5.92 Å². The zero-order chi connectivity index (χ0) is 23.5. The Kier molecular flexibility index (Phi) is 6.27. The van der Waals surface area contributed by atoms with E-state index in [0.29, 0.717) is 28.7 Å². The molecule has 34 heavy (non-hydrogen) atoms. The van der Waals surface area contributed by atoms with E-state index in [0.717, 1.165) is 50.1 Å². The van der Waals surface area contributed by atoms with Gasteiger partial charge in [-0.2, -0.15) is 0 Å². The number of aromatic nitrogens is 2. The maximum atomic E-state index is 13.1. The van der Waals surface area contributed by atoms with Gasteiger partial charge in [-0.3, -0.25) is 9.59 Å². The first-order valence-corrected chi connectivity index (χ1v) is 11.7. The molecule has 2 amide bonds. The molecule has 1 atom stereocenters. The number of carbonyl (C=O) groups is 2. The van der Waals surface area contributed by atoms with Crippen molar-refractivity contribution in [1.29, 1.82) is 0 Å². The van der Waals surface area contributed by atoms with Crippen LogP contribution in [0.15, 0.2) is 53.2 Å². The van der Waals surface area contributed by atoms with Crippen molar-refractivity contribution in [2.75, 3.05) is 24.1 Å². The maximum absolute atomic E-state index is 13.1. The summed E-state index contributed by atoms with van der Waals surface area (Å²) in [7, 11) is 0.